The number of imide groups is 1. The van der Waals surface area contributed by atoms with Crippen LogP contribution in [0.1, 0.15) is 19.3 Å². The van der Waals surface area contributed by atoms with E-state index in [4.69, 9.17) is 16.3 Å². The van der Waals surface area contributed by atoms with E-state index in [0.717, 1.165) is 19.3 Å². The number of nitrogens with zero attached hydrogens (tertiary/aromatic N) is 3. The molecule has 7 heteroatoms. The van der Waals surface area contributed by atoms with Gasteiger partial charge in [0.15, 0.2) is 0 Å². The molecule has 0 spiro atoms. The van der Waals surface area contributed by atoms with E-state index in [-0.39, 0.29) is 36.2 Å². The van der Waals surface area contributed by atoms with Crippen molar-refractivity contribution in [2.24, 2.45) is 5.92 Å². The molecule has 140 valence electrons. The fraction of sp³-hybridized carbons (Fsp3) is 0.579. The fourth-order valence-electron chi connectivity index (χ4n) is 5.05. The number of methoxy groups -OCH3 is 1. The number of fused-ring (bicyclic) bond motifs is 3. The lowest BCUT2D eigenvalue weighted by molar-refractivity contribution is -0.124. The Balaban J connectivity index is 1.68. The van der Waals surface area contributed by atoms with Crippen LogP contribution in [0.2, 0.25) is 5.02 Å². The van der Waals surface area contributed by atoms with Crippen molar-refractivity contribution in [1.82, 2.24) is 9.80 Å². The Kier molecular flexibility index (Phi) is 4.45. The minimum Gasteiger partial charge on any atom is -0.381 e. The Morgan fingerprint density at radius 2 is 1.81 bits per heavy atom. The molecule has 0 aromatic heterocycles. The first kappa shape index (κ1) is 17.8. The monoisotopic (exact) mass is 377 g/mol. The molecule has 3 amide bonds. The van der Waals surface area contributed by atoms with Gasteiger partial charge in [0.2, 0.25) is 0 Å². The number of benzene rings is 1. The average Bonchev–Trinajstić information content (AvgIpc) is 2.94. The lowest BCUT2D eigenvalue weighted by Crippen LogP contribution is -2.65. The third kappa shape index (κ3) is 2.54. The van der Waals surface area contributed by atoms with Gasteiger partial charge in [0, 0.05) is 25.2 Å². The van der Waals surface area contributed by atoms with Crippen molar-refractivity contribution in [2.45, 2.75) is 43.5 Å². The molecule has 4 rings (SSSR count). The fourth-order valence-corrected chi connectivity index (χ4v) is 5.18. The molecule has 0 N–H and O–H groups in total. The van der Waals surface area contributed by atoms with E-state index >= 15 is 0 Å². The summed E-state index contributed by atoms with van der Waals surface area (Å²) in [4.78, 5) is 31.6. The Morgan fingerprint density at radius 1 is 1.12 bits per heavy atom. The molecule has 5 unspecified atom stereocenters. The number of hydrogen-bond acceptors (Lipinski definition) is 4. The summed E-state index contributed by atoms with van der Waals surface area (Å²) in [5, 5.41) is 0.575. The zero-order chi connectivity index (χ0) is 18.6. The number of ether oxygens (including phenoxy) is 1. The number of rotatable bonds is 2. The van der Waals surface area contributed by atoms with Crippen molar-refractivity contribution in [3.63, 3.8) is 0 Å². The maximum absolute atomic E-state index is 13.3. The predicted molar refractivity (Wildman–Crippen MR) is 99.4 cm³/mol. The molecule has 0 radical (unpaired) electrons. The third-order valence-corrected chi connectivity index (χ3v) is 6.63. The van der Waals surface area contributed by atoms with E-state index < -0.39 is 0 Å². The van der Waals surface area contributed by atoms with Crippen LogP contribution in [-0.2, 0) is 9.53 Å². The first-order valence-corrected chi connectivity index (χ1v) is 9.43. The number of hydrogen-bond donors (Lipinski definition) is 0. The number of carbonyl (C=O) groups is 2. The molecule has 5 atom stereocenters. The maximum Gasteiger partial charge on any atom is 0.331 e. The summed E-state index contributed by atoms with van der Waals surface area (Å²) in [6, 6.07) is 6.43. The normalized spacial score (nSPS) is 34.8. The molecule has 3 aliphatic rings. The van der Waals surface area contributed by atoms with Crippen LogP contribution in [0, 0.1) is 5.92 Å². The van der Waals surface area contributed by atoms with Gasteiger partial charge in [0.25, 0.3) is 5.91 Å². The number of halogens is 1. The van der Waals surface area contributed by atoms with Gasteiger partial charge in [-0.05, 0) is 56.5 Å². The summed E-state index contributed by atoms with van der Waals surface area (Å²) in [7, 11) is 5.56. The SMILES string of the molecule is COC1CCC2C3C(C(=O)N(c4ccc(Cl)cc4)C(=O)N3C)N(C)C2C1. The zero-order valence-electron chi connectivity index (χ0n) is 15.3. The van der Waals surface area contributed by atoms with Crippen LogP contribution in [0.4, 0.5) is 10.5 Å². The van der Waals surface area contributed by atoms with Gasteiger partial charge in [-0.25, -0.2) is 9.69 Å². The molecule has 6 nitrogen and oxygen atoms in total. The minimum atomic E-state index is -0.320. The van der Waals surface area contributed by atoms with Crippen LogP contribution in [0.5, 0.6) is 0 Å². The van der Waals surface area contributed by atoms with E-state index in [1.54, 1.807) is 36.3 Å². The minimum absolute atomic E-state index is 0.0774. The number of likely N-dealkylation sites (tertiary alicyclic amines) is 1. The van der Waals surface area contributed by atoms with Crippen LogP contribution < -0.4 is 4.90 Å². The van der Waals surface area contributed by atoms with Gasteiger partial charge in [-0.1, -0.05) is 11.6 Å². The molecule has 3 fully saturated rings. The first-order valence-electron chi connectivity index (χ1n) is 9.05. The second-order valence-electron chi connectivity index (χ2n) is 7.55. The van der Waals surface area contributed by atoms with E-state index in [9.17, 15) is 9.59 Å². The average molecular weight is 378 g/mol. The Bertz CT molecular complexity index is 725. The molecular formula is C19H24ClN3O3. The van der Waals surface area contributed by atoms with E-state index in [1.165, 1.54) is 4.90 Å². The molecule has 0 bridgehead atoms. The van der Waals surface area contributed by atoms with E-state index in [2.05, 4.69) is 4.90 Å². The number of carbonyl (C=O) groups excluding carboxylic acids is 2. The number of amides is 3. The summed E-state index contributed by atoms with van der Waals surface area (Å²) >= 11 is 5.96. The Hall–Kier alpha value is -1.63. The highest BCUT2D eigenvalue weighted by atomic mass is 35.5. The Morgan fingerprint density at radius 3 is 2.46 bits per heavy atom. The number of urea groups is 1. The second-order valence-corrected chi connectivity index (χ2v) is 7.98. The predicted octanol–water partition coefficient (Wildman–Crippen LogP) is 2.60. The van der Waals surface area contributed by atoms with Crippen LogP contribution in [0.3, 0.4) is 0 Å². The van der Waals surface area contributed by atoms with Gasteiger partial charge in [-0.2, -0.15) is 0 Å². The third-order valence-electron chi connectivity index (χ3n) is 6.38. The largest absolute Gasteiger partial charge is 0.381 e. The summed E-state index contributed by atoms with van der Waals surface area (Å²) in [5.74, 6) is 0.160. The Labute approximate surface area is 158 Å². The molecule has 1 aliphatic carbocycles. The highest BCUT2D eigenvalue weighted by Crippen LogP contribution is 2.44. The van der Waals surface area contributed by atoms with Crippen LogP contribution >= 0.6 is 11.6 Å². The van der Waals surface area contributed by atoms with Gasteiger partial charge in [-0.15, -0.1) is 0 Å². The lowest BCUT2D eigenvalue weighted by atomic mass is 9.79. The summed E-state index contributed by atoms with van der Waals surface area (Å²) in [6.07, 6.45) is 3.08. The van der Waals surface area contributed by atoms with E-state index in [1.807, 2.05) is 14.1 Å². The molecule has 1 aromatic rings. The van der Waals surface area contributed by atoms with Gasteiger partial charge >= 0.3 is 6.03 Å². The van der Waals surface area contributed by atoms with Crippen molar-refractivity contribution < 1.29 is 14.3 Å². The van der Waals surface area contributed by atoms with Crippen molar-refractivity contribution >= 4 is 29.2 Å². The van der Waals surface area contributed by atoms with Crippen LogP contribution in [0.25, 0.3) is 0 Å². The zero-order valence-corrected chi connectivity index (χ0v) is 16.0. The van der Waals surface area contributed by atoms with Crippen LogP contribution in [0.15, 0.2) is 24.3 Å². The maximum atomic E-state index is 13.3. The molecule has 1 aromatic carbocycles. The quantitative estimate of drug-likeness (QED) is 0.795. The van der Waals surface area contributed by atoms with Crippen LogP contribution in [-0.4, -0.2) is 67.2 Å². The highest BCUT2D eigenvalue weighted by molar-refractivity contribution is 6.30. The number of anilines is 1. The molecule has 2 aliphatic heterocycles. The standard InChI is InChI=1S/C19H24ClN3O3/c1-21-15-10-13(26-3)8-9-14(15)16-17(21)18(24)23(19(25)22(16)2)12-6-4-11(20)5-7-12/h4-7,13-17H,8-10H2,1-3H3. The lowest BCUT2D eigenvalue weighted by Gasteiger charge is -2.43. The second kappa shape index (κ2) is 6.51. The molecule has 26 heavy (non-hydrogen) atoms. The van der Waals surface area contributed by atoms with E-state index in [0.29, 0.717) is 16.6 Å². The topological polar surface area (TPSA) is 53.1 Å². The van der Waals surface area contributed by atoms with Crippen molar-refractivity contribution in [1.29, 1.82) is 0 Å². The van der Waals surface area contributed by atoms with Gasteiger partial charge in [0.1, 0.15) is 6.04 Å². The van der Waals surface area contributed by atoms with Gasteiger partial charge < -0.3 is 9.64 Å². The van der Waals surface area contributed by atoms with Crippen molar-refractivity contribution in [3.8, 4) is 0 Å². The summed E-state index contributed by atoms with van der Waals surface area (Å²) < 4.78 is 5.56. The highest BCUT2D eigenvalue weighted by Gasteiger charge is 2.59. The van der Waals surface area contributed by atoms with Crippen molar-refractivity contribution in [3.05, 3.63) is 29.3 Å². The summed E-state index contributed by atoms with van der Waals surface area (Å²) in [5.41, 5.74) is 0.563. The molecule has 1 saturated carbocycles. The molecule has 2 heterocycles. The van der Waals surface area contributed by atoms with Gasteiger partial charge in [-0.3, -0.25) is 9.69 Å². The molecule has 2 saturated heterocycles. The first-order chi connectivity index (χ1) is 12.4. The van der Waals surface area contributed by atoms with Crippen molar-refractivity contribution in [2.75, 3.05) is 26.1 Å². The smallest absolute Gasteiger partial charge is 0.331 e. The number of likely N-dealkylation sites (N-methyl/N-ethyl adjacent to an activating group) is 2. The molecular weight excluding hydrogens is 354 g/mol. The summed E-state index contributed by atoms with van der Waals surface area (Å²) in [6.45, 7) is 0. The van der Waals surface area contributed by atoms with Gasteiger partial charge in [0.05, 0.1) is 17.8 Å².